The summed E-state index contributed by atoms with van der Waals surface area (Å²) >= 11 is 0. The van der Waals surface area contributed by atoms with Crippen LogP contribution in [0.1, 0.15) is 45.6 Å². The summed E-state index contributed by atoms with van der Waals surface area (Å²) in [4.78, 5) is 25.5. The second-order valence-corrected chi connectivity index (χ2v) is 7.17. The van der Waals surface area contributed by atoms with E-state index in [0.717, 1.165) is 62.9 Å². The fourth-order valence-corrected chi connectivity index (χ4v) is 3.55. The first-order valence-electron chi connectivity index (χ1n) is 10.5. The Morgan fingerprint density at radius 3 is 2.45 bits per heavy atom. The number of likely N-dealkylation sites (tertiary alicyclic amines) is 1. The second-order valence-electron chi connectivity index (χ2n) is 7.17. The molecule has 0 aliphatic carbocycles. The summed E-state index contributed by atoms with van der Waals surface area (Å²) in [7, 11) is 1.71. The molecule has 1 aromatic heterocycles. The molecule has 164 valence electrons. The number of anilines is 1. The SMILES string of the molecule is CCNC(=NCc1ccc(N(CC)CC)nc1)N1CCC(CC(=O)NC)CC1.I. The van der Waals surface area contributed by atoms with E-state index in [0.29, 0.717) is 18.9 Å². The van der Waals surface area contributed by atoms with Gasteiger partial charge in [-0.15, -0.1) is 24.0 Å². The molecule has 1 aliphatic heterocycles. The van der Waals surface area contributed by atoms with E-state index < -0.39 is 0 Å². The van der Waals surface area contributed by atoms with Crippen molar-refractivity contribution < 1.29 is 4.79 Å². The number of guanidine groups is 1. The van der Waals surface area contributed by atoms with Crippen LogP contribution in [-0.4, -0.2) is 61.5 Å². The van der Waals surface area contributed by atoms with Crippen LogP contribution in [0.4, 0.5) is 5.82 Å². The molecule has 2 heterocycles. The summed E-state index contributed by atoms with van der Waals surface area (Å²) in [6.45, 7) is 11.6. The normalized spacial score (nSPS) is 14.9. The Bertz CT molecular complexity index is 625. The molecule has 8 heteroatoms. The molecule has 1 aliphatic rings. The molecule has 29 heavy (non-hydrogen) atoms. The van der Waals surface area contributed by atoms with Crippen LogP contribution in [0.5, 0.6) is 0 Å². The molecular formula is C21H37IN6O. The first kappa shape index (κ1) is 25.5. The number of hydrogen-bond acceptors (Lipinski definition) is 4. The van der Waals surface area contributed by atoms with Crippen LogP contribution >= 0.6 is 24.0 Å². The fraction of sp³-hybridized carbons (Fsp3) is 0.667. The molecule has 2 N–H and O–H groups in total. The predicted molar refractivity (Wildman–Crippen MR) is 131 cm³/mol. The van der Waals surface area contributed by atoms with Crippen molar-refractivity contribution in [1.29, 1.82) is 0 Å². The summed E-state index contributed by atoms with van der Waals surface area (Å²) in [6.07, 6.45) is 4.61. The van der Waals surface area contributed by atoms with Crippen LogP contribution in [0, 0.1) is 5.92 Å². The lowest BCUT2D eigenvalue weighted by Crippen LogP contribution is -2.46. The highest BCUT2D eigenvalue weighted by Crippen LogP contribution is 2.20. The third-order valence-electron chi connectivity index (χ3n) is 5.31. The molecule has 1 fully saturated rings. The van der Waals surface area contributed by atoms with Crippen LogP contribution in [0.3, 0.4) is 0 Å². The number of nitrogens with one attached hydrogen (secondary N) is 2. The lowest BCUT2D eigenvalue weighted by Gasteiger charge is -2.34. The van der Waals surface area contributed by atoms with Crippen LogP contribution in [0.15, 0.2) is 23.3 Å². The van der Waals surface area contributed by atoms with Gasteiger partial charge >= 0.3 is 0 Å². The molecule has 0 unspecified atom stereocenters. The molecule has 7 nitrogen and oxygen atoms in total. The summed E-state index contributed by atoms with van der Waals surface area (Å²) in [5, 5.41) is 6.13. The molecule has 1 aromatic rings. The highest BCUT2D eigenvalue weighted by Gasteiger charge is 2.23. The highest BCUT2D eigenvalue weighted by molar-refractivity contribution is 14.0. The predicted octanol–water partition coefficient (Wildman–Crippen LogP) is 2.86. The zero-order valence-electron chi connectivity index (χ0n) is 18.3. The first-order chi connectivity index (χ1) is 13.6. The lowest BCUT2D eigenvalue weighted by molar-refractivity contribution is -0.121. The van der Waals surface area contributed by atoms with Gasteiger partial charge in [0, 0.05) is 52.4 Å². The van der Waals surface area contributed by atoms with Crippen molar-refractivity contribution in [3.63, 3.8) is 0 Å². The summed E-state index contributed by atoms with van der Waals surface area (Å²) in [6, 6.07) is 4.19. The van der Waals surface area contributed by atoms with E-state index in [-0.39, 0.29) is 29.9 Å². The largest absolute Gasteiger partial charge is 0.359 e. The van der Waals surface area contributed by atoms with E-state index in [9.17, 15) is 4.79 Å². The minimum Gasteiger partial charge on any atom is -0.359 e. The number of amides is 1. The van der Waals surface area contributed by atoms with Gasteiger partial charge in [0.05, 0.1) is 6.54 Å². The van der Waals surface area contributed by atoms with Gasteiger partial charge in [0.15, 0.2) is 5.96 Å². The Hall–Kier alpha value is -1.58. The Balaban J connectivity index is 0.00000420. The zero-order valence-corrected chi connectivity index (χ0v) is 20.6. The van der Waals surface area contributed by atoms with Gasteiger partial charge in [-0.25, -0.2) is 9.98 Å². The van der Waals surface area contributed by atoms with Crippen molar-refractivity contribution in [2.24, 2.45) is 10.9 Å². The number of pyridine rings is 1. The van der Waals surface area contributed by atoms with Crippen LogP contribution in [-0.2, 0) is 11.3 Å². The number of rotatable bonds is 8. The number of aromatic nitrogens is 1. The highest BCUT2D eigenvalue weighted by atomic mass is 127. The number of nitrogens with zero attached hydrogens (tertiary/aromatic N) is 4. The van der Waals surface area contributed by atoms with Gasteiger partial charge in [-0.1, -0.05) is 6.07 Å². The number of carbonyl (C=O) groups excluding carboxylic acids is 1. The maximum Gasteiger partial charge on any atom is 0.220 e. The number of piperidine rings is 1. The minimum absolute atomic E-state index is 0. The Morgan fingerprint density at radius 1 is 1.24 bits per heavy atom. The monoisotopic (exact) mass is 516 g/mol. The molecule has 1 amide bonds. The Labute approximate surface area is 192 Å². The molecule has 0 spiro atoms. The summed E-state index contributed by atoms with van der Waals surface area (Å²) in [5.41, 5.74) is 1.11. The number of aliphatic imine (C=N–C) groups is 1. The average molecular weight is 516 g/mol. The average Bonchev–Trinajstić information content (AvgIpc) is 2.73. The molecule has 0 bridgehead atoms. The van der Waals surface area contributed by atoms with E-state index in [2.05, 4.69) is 58.3 Å². The van der Waals surface area contributed by atoms with Gasteiger partial charge in [-0.3, -0.25) is 4.79 Å². The van der Waals surface area contributed by atoms with E-state index in [4.69, 9.17) is 4.99 Å². The lowest BCUT2D eigenvalue weighted by atomic mass is 9.93. The first-order valence-corrected chi connectivity index (χ1v) is 10.5. The smallest absolute Gasteiger partial charge is 0.220 e. The van der Waals surface area contributed by atoms with E-state index in [1.54, 1.807) is 7.05 Å². The Morgan fingerprint density at radius 2 is 1.93 bits per heavy atom. The molecule has 1 saturated heterocycles. The molecular weight excluding hydrogens is 479 g/mol. The summed E-state index contributed by atoms with van der Waals surface area (Å²) in [5.74, 6) is 2.58. The quantitative estimate of drug-likeness (QED) is 0.316. The maximum absolute atomic E-state index is 11.6. The van der Waals surface area contributed by atoms with Gasteiger partial charge < -0.3 is 20.4 Å². The standard InChI is InChI=1S/C21H36N6O.HI/c1-5-23-21(27-12-10-17(11-13-27)14-20(28)22-4)25-16-18-8-9-19(24-15-18)26(6-2)7-3;/h8-9,15,17H,5-7,10-14,16H2,1-4H3,(H,22,28)(H,23,25);1H. The van der Waals surface area contributed by atoms with Crippen molar-refractivity contribution in [3.05, 3.63) is 23.9 Å². The zero-order chi connectivity index (χ0) is 20.4. The second kappa shape index (κ2) is 13.6. The van der Waals surface area contributed by atoms with Gasteiger partial charge in [0.25, 0.3) is 0 Å². The van der Waals surface area contributed by atoms with Crippen LogP contribution < -0.4 is 15.5 Å². The molecule has 0 saturated carbocycles. The van der Waals surface area contributed by atoms with Crippen molar-refractivity contribution in [1.82, 2.24) is 20.5 Å². The third kappa shape index (κ3) is 7.98. The van der Waals surface area contributed by atoms with Crippen LogP contribution in [0.25, 0.3) is 0 Å². The van der Waals surface area contributed by atoms with E-state index in [1.165, 1.54) is 0 Å². The maximum atomic E-state index is 11.6. The van der Waals surface area contributed by atoms with Crippen molar-refractivity contribution in [2.75, 3.05) is 44.7 Å². The van der Waals surface area contributed by atoms with Crippen molar-refractivity contribution in [3.8, 4) is 0 Å². The Kier molecular flexibility index (Phi) is 11.9. The van der Waals surface area contributed by atoms with Crippen LogP contribution in [0.2, 0.25) is 0 Å². The molecule has 0 atom stereocenters. The van der Waals surface area contributed by atoms with Gasteiger partial charge in [-0.05, 0) is 51.2 Å². The third-order valence-corrected chi connectivity index (χ3v) is 5.31. The number of carbonyl (C=O) groups is 1. The molecule has 0 radical (unpaired) electrons. The minimum atomic E-state index is 0. The van der Waals surface area contributed by atoms with E-state index >= 15 is 0 Å². The van der Waals surface area contributed by atoms with E-state index in [1.807, 2.05) is 6.20 Å². The summed E-state index contributed by atoms with van der Waals surface area (Å²) < 4.78 is 0. The number of hydrogen-bond donors (Lipinski definition) is 2. The number of halogens is 1. The van der Waals surface area contributed by atoms with Crippen molar-refractivity contribution in [2.45, 2.75) is 46.6 Å². The molecule has 2 rings (SSSR count). The molecule has 0 aromatic carbocycles. The van der Waals surface area contributed by atoms with Gasteiger partial charge in [0.2, 0.25) is 5.91 Å². The van der Waals surface area contributed by atoms with Crippen molar-refractivity contribution >= 4 is 41.7 Å². The van der Waals surface area contributed by atoms with Gasteiger partial charge in [-0.2, -0.15) is 0 Å². The topological polar surface area (TPSA) is 72.9 Å². The fourth-order valence-electron chi connectivity index (χ4n) is 3.55. The van der Waals surface area contributed by atoms with Gasteiger partial charge in [0.1, 0.15) is 5.82 Å².